The number of anilines is 6. The molecule has 0 unspecified atom stereocenters. The van der Waals surface area contributed by atoms with Gasteiger partial charge in [0, 0.05) is 88.7 Å². The van der Waals surface area contributed by atoms with E-state index in [0.717, 1.165) is 167 Å². The van der Waals surface area contributed by atoms with Crippen LogP contribution in [0.3, 0.4) is 0 Å². The highest BCUT2D eigenvalue weighted by Crippen LogP contribution is 2.57. The molecule has 0 bridgehead atoms. The number of nitrogens with zero attached hydrogens (tertiary/aromatic N) is 4. The van der Waals surface area contributed by atoms with Crippen molar-refractivity contribution in [1.29, 1.82) is 0 Å². The normalized spacial score (nSPS) is 12.8. The second-order valence-electron chi connectivity index (χ2n) is 41.6. The van der Waals surface area contributed by atoms with E-state index in [1.54, 1.807) is 0 Å². The molecule has 5 heterocycles. The van der Waals surface area contributed by atoms with Crippen molar-refractivity contribution in [3.8, 4) is 112 Å². The highest BCUT2D eigenvalue weighted by atomic mass is 16.3. The molecule has 136 heavy (non-hydrogen) atoms. The molecule has 0 saturated carbocycles. The monoisotopic (exact) mass is 1750 g/mol. The fraction of sp³-hybridized carbons (Fsp3) is 0.123. The summed E-state index contributed by atoms with van der Waals surface area (Å²) in [5.74, 6) is 0. The van der Waals surface area contributed by atoms with E-state index in [1.807, 2.05) is 0 Å². The summed E-state index contributed by atoms with van der Waals surface area (Å²) in [4.78, 5) is 5.52. The zero-order valence-corrected chi connectivity index (χ0v) is 79.1. The van der Waals surface area contributed by atoms with Crippen LogP contribution in [-0.2, 0) is 21.7 Å². The molecule has 3 aromatic heterocycles. The second kappa shape index (κ2) is 32.0. The number of fused-ring (bicyclic) bond motifs is 13. The third-order valence-corrected chi connectivity index (χ3v) is 28.9. The van der Waals surface area contributed by atoms with Gasteiger partial charge in [-0.1, -0.05) is 362 Å². The lowest BCUT2D eigenvalue weighted by atomic mass is 9.33. The molecular formula is C130H105BN4O. The summed E-state index contributed by atoms with van der Waals surface area (Å²) >= 11 is 0. The van der Waals surface area contributed by atoms with Gasteiger partial charge in [-0.3, -0.25) is 0 Å². The van der Waals surface area contributed by atoms with Crippen LogP contribution >= 0.6 is 0 Å². The second-order valence-corrected chi connectivity index (χ2v) is 41.6. The zero-order chi connectivity index (χ0) is 92.4. The van der Waals surface area contributed by atoms with Gasteiger partial charge in [0.2, 0.25) is 0 Å². The number of hydrogen-bond acceptors (Lipinski definition) is 3. The van der Waals surface area contributed by atoms with Crippen LogP contribution in [0.1, 0.15) is 105 Å². The molecule has 0 radical (unpaired) electrons. The van der Waals surface area contributed by atoms with E-state index in [0.29, 0.717) is 0 Å². The molecule has 0 atom stereocenters. The van der Waals surface area contributed by atoms with E-state index >= 15 is 0 Å². The van der Waals surface area contributed by atoms with Crippen molar-refractivity contribution in [1.82, 2.24) is 9.13 Å². The van der Waals surface area contributed by atoms with Crippen LogP contribution in [0.5, 0.6) is 0 Å². The lowest BCUT2D eigenvalue weighted by Crippen LogP contribution is -2.61. The molecule has 24 rings (SSSR count). The Labute approximate surface area is 797 Å². The van der Waals surface area contributed by atoms with Gasteiger partial charge >= 0.3 is 0 Å². The van der Waals surface area contributed by atoms with E-state index in [-0.39, 0.29) is 28.4 Å². The predicted molar refractivity (Wildman–Crippen MR) is 580 cm³/mol. The van der Waals surface area contributed by atoms with E-state index in [2.05, 4.69) is 521 Å². The lowest BCUT2D eigenvalue weighted by molar-refractivity contribution is 0.590. The standard InChI is InChI=1S/C130H105BN4O/c1-127(2,3)96-58-64-116-109(74-96)102-51-25-28-54-114(102)132(116)100-60-62-112-118(80-100)134(125-105(84-39-21-15-22-40-84)76-98(129(7,8)9)78-107(125)93-49-33-47-90(69-93)88-45-31-43-86(67-88)82-35-17-13-18-36-82)120-72-95(92-57-66-123-111(71-92)104-53-27-30-56-122(104)136-123)73-121-124(120)131(112)113-63-61-101(133-115-55-29-26-52-103(115)110-75-97(128(4,5)6)59-65-117(110)133)81-119(113)135(121)126-106(85-41-23-16-24-42-85)77-99(130(10,11)12)79-108(126)94-50-34-48-91(70-94)89-46-32-44-87(68-89)83-37-19-14-20-38-83/h13-81H,1-12H3. The Morgan fingerprint density at radius 1 is 0.199 bits per heavy atom. The molecule has 19 aromatic carbocycles. The Kier molecular flexibility index (Phi) is 19.6. The van der Waals surface area contributed by atoms with Crippen LogP contribution in [-0.4, -0.2) is 15.8 Å². The van der Waals surface area contributed by atoms with Gasteiger partial charge < -0.3 is 23.4 Å². The number of rotatable bonds is 13. The molecule has 2 aliphatic rings. The Bertz CT molecular complexity index is 8140. The first kappa shape index (κ1) is 83.3. The molecule has 22 aromatic rings. The summed E-state index contributed by atoms with van der Waals surface area (Å²) < 4.78 is 12.0. The van der Waals surface area contributed by atoms with Gasteiger partial charge in [0.1, 0.15) is 11.2 Å². The zero-order valence-electron chi connectivity index (χ0n) is 79.1. The van der Waals surface area contributed by atoms with E-state index < -0.39 is 0 Å². The highest BCUT2D eigenvalue weighted by Gasteiger charge is 2.47. The lowest BCUT2D eigenvalue weighted by Gasteiger charge is -2.46. The first-order valence-electron chi connectivity index (χ1n) is 48.0. The summed E-state index contributed by atoms with van der Waals surface area (Å²) in [6.07, 6.45) is 0. The molecule has 0 saturated heterocycles. The minimum atomic E-state index is -0.379. The smallest absolute Gasteiger partial charge is 0.252 e. The first-order valence-corrected chi connectivity index (χ1v) is 48.0. The third-order valence-electron chi connectivity index (χ3n) is 28.9. The molecule has 5 nitrogen and oxygen atoms in total. The minimum Gasteiger partial charge on any atom is -0.456 e. The van der Waals surface area contributed by atoms with Crippen molar-refractivity contribution < 1.29 is 4.42 Å². The van der Waals surface area contributed by atoms with Crippen molar-refractivity contribution >= 4 is 123 Å². The van der Waals surface area contributed by atoms with Gasteiger partial charge in [0.15, 0.2) is 0 Å². The van der Waals surface area contributed by atoms with Gasteiger partial charge in [-0.15, -0.1) is 0 Å². The molecule has 0 spiro atoms. The summed E-state index contributed by atoms with van der Waals surface area (Å²) in [6, 6.07) is 160. The summed E-state index contributed by atoms with van der Waals surface area (Å²) in [6.45, 7) is 27.9. The molecule has 6 heteroatoms. The summed E-state index contributed by atoms with van der Waals surface area (Å²) in [7, 11) is 0. The van der Waals surface area contributed by atoms with Crippen molar-refractivity contribution in [3.05, 3.63) is 441 Å². The topological polar surface area (TPSA) is 29.5 Å². The number of hydrogen-bond donors (Lipinski definition) is 0. The predicted octanol–water partition coefficient (Wildman–Crippen LogP) is 34.1. The SMILES string of the molecule is CC(C)(C)c1cc(-c2ccccc2)c(N2c3cc(-n4c5ccccc5c5cc(C(C)(C)C)ccc54)ccc3B3c4ccc(-n5c6ccccc6c6cc(C(C)(C)C)ccc65)cc4N(c4c(-c5ccccc5)cc(C(C)(C)C)cc4-c4cccc(-c5cccc(-c6ccccc6)c5)c4)c4cc(-c5ccc6oc7ccccc7c6c5)cc2c43)c(-c2cccc(-c3cccc(-c4ccccc4)c3)c2)c1. The van der Waals surface area contributed by atoms with E-state index in [1.165, 1.54) is 82.4 Å². The fourth-order valence-corrected chi connectivity index (χ4v) is 21.7. The Morgan fingerprint density at radius 3 is 0.934 bits per heavy atom. The number of furan rings is 1. The molecule has 0 N–H and O–H groups in total. The van der Waals surface area contributed by atoms with Gasteiger partial charge in [0.05, 0.1) is 33.4 Å². The number of aromatic nitrogens is 2. The van der Waals surface area contributed by atoms with Crippen LogP contribution in [0.25, 0.3) is 177 Å². The van der Waals surface area contributed by atoms with Crippen LogP contribution < -0.4 is 26.2 Å². The van der Waals surface area contributed by atoms with Gasteiger partial charge in [-0.25, -0.2) is 0 Å². The quantitative estimate of drug-likeness (QED) is 0.108. The summed E-state index contributed by atoms with van der Waals surface area (Å²) in [5.41, 5.74) is 42.8. The highest BCUT2D eigenvalue weighted by molar-refractivity contribution is 7.00. The largest absolute Gasteiger partial charge is 0.456 e. The Balaban J connectivity index is 0.877. The first-order chi connectivity index (χ1) is 65.9. The summed E-state index contributed by atoms with van der Waals surface area (Å²) in [5, 5.41) is 7.00. The molecule has 0 amide bonds. The average Bonchev–Trinajstić information content (AvgIpc) is 0.876. The van der Waals surface area contributed by atoms with Crippen LogP contribution in [0.2, 0.25) is 0 Å². The maximum absolute atomic E-state index is 6.85. The number of para-hydroxylation sites is 3. The van der Waals surface area contributed by atoms with Crippen LogP contribution in [0, 0.1) is 0 Å². The van der Waals surface area contributed by atoms with Crippen molar-refractivity contribution in [2.24, 2.45) is 0 Å². The average molecular weight is 1750 g/mol. The molecule has 2 aliphatic heterocycles. The molecule has 0 aliphatic carbocycles. The molecular weight excluding hydrogens is 1640 g/mol. The molecule has 0 fully saturated rings. The van der Waals surface area contributed by atoms with Crippen molar-refractivity contribution in [3.63, 3.8) is 0 Å². The van der Waals surface area contributed by atoms with E-state index in [4.69, 9.17) is 4.42 Å². The van der Waals surface area contributed by atoms with Crippen molar-refractivity contribution in [2.45, 2.75) is 105 Å². The van der Waals surface area contributed by atoms with Gasteiger partial charge in [-0.2, -0.15) is 0 Å². The fourth-order valence-electron chi connectivity index (χ4n) is 21.7. The third kappa shape index (κ3) is 14.2. The van der Waals surface area contributed by atoms with Gasteiger partial charge in [0.25, 0.3) is 6.71 Å². The Morgan fingerprint density at radius 2 is 0.522 bits per heavy atom. The van der Waals surface area contributed by atoms with Crippen LogP contribution in [0.15, 0.2) is 423 Å². The Hall–Kier alpha value is -15.8. The minimum absolute atomic E-state index is 0.0940. The maximum Gasteiger partial charge on any atom is 0.252 e. The number of benzene rings is 19. The molecule has 654 valence electrons. The van der Waals surface area contributed by atoms with Crippen molar-refractivity contribution in [2.75, 3.05) is 9.80 Å². The van der Waals surface area contributed by atoms with Crippen LogP contribution in [0.4, 0.5) is 34.1 Å². The van der Waals surface area contributed by atoms with Gasteiger partial charge in [-0.05, 0) is 278 Å². The maximum atomic E-state index is 6.85. The van der Waals surface area contributed by atoms with E-state index in [9.17, 15) is 0 Å².